The molecule has 4 aliphatic carbocycles. The second-order valence-electron chi connectivity index (χ2n) is 8.38. The van der Waals surface area contributed by atoms with Crippen molar-refractivity contribution >= 4 is 5.97 Å². The Morgan fingerprint density at radius 1 is 1.24 bits per heavy atom. The maximum atomic E-state index is 12.3. The lowest BCUT2D eigenvalue weighted by atomic mass is 9.44. The number of rotatable bonds is 5. The maximum absolute atomic E-state index is 12.3. The molecule has 4 bridgehead atoms. The summed E-state index contributed by atoms with van der Waals surface area (Å²) in [5.41, 5.74) is 0.885. The number of esters is 1. The quantitative estimate of drug-likeness (QED) is 0.533. The Morgan fingerprint density at radius 2 is 1.86 bits per heavy atom. The molecule has 0 saturated heterocycles. The standard InChI is InChI=1S/C19H30O2/c1-5-6-7-19(21-17(20)13(2)3)15-8-14-9-16(19)12-18(4,10-14)11-15/h14-16H,2,5-12H2,1,3-4H3. The van der Waals surface area contributed by atoms with Crippen LogP contribution in [0.1, 0.15) is 72.1 Å². The summed E-state index contributed by atoms with van der Waals surface area (Å²) in [6, 6.07) is 0. The average Bonchev–Trinajstić information content (AvgIpc) is 2.39. The van der Waals surface area contributed by atoms with E-state index < -0.39 is 0 Å². The first-order chi connectivity index (χ1) is 9.88. The van der Waals surface area contributed by atoms with Crippen molar-refractivity contribution in [3.8, 4) is 0 Å². The van der Waals surface area contributed by atoms with Gasteiger partial charge in [-0.1, -0.05) is 26.8 Å². The number of hydrogen-bond acceptors (Lipinski definition) is 2. The zero-order valence-corrected chi connectivity index (χ0v) is 13.9. The van der Waals surface area contributed by atoms with E-state index in [1.54, 1.807) is 6.92 Å². The molecule has 4 saturated carbocycles. The van der Waals surface area contributed by atoms with Crippen molar-refractivity contribution in [2.45, 2.75) is 77.7 Å². The van der Waals surface area contributed by atoms with Crippen LogP contribution in [0.15, 0.2) is 12.2 Å². The molecule has 4 fully saturated rings. The second-order valence-corrected chi connectivity index (χ2v) is 8.38. The molecule has 0 spiro atoms. The zero-order valence-electron chi connectivity index (χ0n) is 13.9. The van der Waals surface area contributed by atoms with E-state index in [9.17, 15) is 4.79 Å². The van der Waals surface area contributed by atoms with Gasteiger partial charge in [0, 0.05) is 5.57 Å². The number of unbranched alkanes of at least 4 members (excludes halogenated alkanes) is 1. The van der Waals surface area contributed by atoms with Crippen LogP contribution in [0.3, 0.4) is 0 Å². The first-order valence-corrected chi connectivity index (χ1v) is 8.77. The molecule has 2 heteroatoms. The van der Waals surface area contributed by atoms with E-state index >= 15 is 0 Å². The molecule has 2 unspecified atom stereocenters. The van der Waals surface area contributed by atoms with Crippen molar-refractivity contribution in [2.75, 3.05) is 0 Å². The molecule has 2 nitrogen and oxygen atoms in total. The first-order valence-electron chi connectivity index (χ1n) is 8.77. The highest BCUT2D eigenvalue weighted by Crippen LogP contribution is 2.65. The van der Waals surface area contributed by atoms with E-state index in [0.717, 1.165) is 18.8 Å². The molecular weight excluding hydrogens is 260 g/mol. The van der Waals surface area contributed by atoms with Crippen molar-refractivity contribution in [3.63, 3.8) is 0 Å². The fourth-order valence-corrected chi connectivity index (χ4v) is 5.79. The monoisotopic (exact) mass is 290 g/mol. The maximum Gasteiger partial charge on any atom is 0.333 e. The molecule has 4 rings (SSSR count). The van der Waals surface area contributed by atoms with Gasteiger partial charge in [-0.25, -0.2) is 4.79 Å². The summed E-state index contributed by atoms with van der Waals surface area (Å²) in [5, 5.41) is 0. The molecule has 118 valence electrons. The summed E-state index contributed by atoms with van der Waals surface area (Å²) in [4.78, 5) is 12.3. The molecule has 0 aromatic heterocycles. The van der Waals surface area contributed by atoms with Gasteiger partial charge in [-0.2, -0.15) is 0 Å². The van der Waals surface area contributed by atoms with E-state index in [1.165, 1.54) is 38.5 Å². The Hall–Kier alpha value is -0.790. The summed E-state index contributed by atoms with van der Waals surface area (Å²) < 4.78 is 6.18. The Kier molecular flexibility index (Phi) is 3.70. The van der Waals surface area contributed by atoms with Crippen molar-refractivity contribution in [1.29, 1.82) is 0 Å². The van der Waals surface area contributed by atoms with Gasteiger partial charge in [0.2, 0.25) is 0 Å². The van der Waals surface area contributed by atoms with Crippen LogP contribution >= 0.6 is 0 Å². The third-order valence-corrected chi connectivity index (χ3v) is 6.43. The fraction of sp³-hybridized carbons (Fsp3) is 0.842. The Bertz CT molecular complexity index is 434. The molecule has 0 radical (unpaired) electrons. The van der Waals surface area contributed by atoms with Crippen molar-refractivity contribution in [3.05, 3.63) is 12.2 Å². The lowest BCUT2D eigenvalue weighted by Crippen LogP contribution is -2.62. The predicted octanol–water partition coefficient (Wildman–Crippen LogP) is 4.88. The highest BCUT2D eigenvalue weighted by molar-refractivity contribution is 5.87. The van der Waals surface area contributed by atoms with Crippen molar-refractivity contribution in [1.82, 2.24) is 0 Å². The van der Waals surface area contributed by atoms with Gasteiger partial charge in [0.1, 0.15) is 5.60 Å². The average molecular weight is 290 g/mol. The Balaban J connectivity index is 1.89. The summed E-state index contributed by atoms with van der Waals surface area (Å²) >= 11 is 0. The molecule has 2 atom stereocenters. The summed E-state index contributed by atoms with van der Waals surface area (Å²) in [7, 11) is 0. The molecule has 0 aromatic rings. The van der Waals surface area contributed by atoms with Gasteiger partial charge in [0.05, 0.1) is 0 Å². The summed E-state index contributed by atoms with van der Waals surface area (Å²) in [5.74, 6) is 1.89. The minimum atomic E-state index is -0.178. The van der Waals surface area contributed by atoms with E-state index in [0.29, 0.717) is 22.8 Å². The van der Waals surface area contributed by atoms with Crippen LogP contribution in [-0.2, 0) is 9.53 Å². The van der Waals surface area contributed by atoms with Crippen LogP contribution in [0, 0.1) is 23.2 Å². The number of carbonyl (C=O) groups is 1. The van der Waals surface area contributed by atoms with Gasteiger partial charge < -0.3 is 4.74 Å². The molecular formula is C19H30O2. The van der Waals surface area contributed by atoms with Gasteiger partial charge >= 0.3 is 5.97 Å². The minimum Gasteiger partial charge on any atom is -0.455 e. The first kappa shape index (κ1) is 15.1. The van der Waals surface area contributed by atoms with Gasteiger partial charge in [-0.3, -0.25) is 0 Å². The highest BCUT2D eigenvalue weighted by atomic mass is 16.6. The van der Waals surface area contributed by atoms with Crippen molar-refractivity contribution < 1.29 is 9.53 Å². The van der Waals surface area contributed by atoms with Gasteiger partial charge in [0.15, 0.2) is 0 Å². The molecule has 0 aliphatic heterocycles. The Morgan fingerprint density at radius 3 is 2.33 bits per heavy atom. The molecule has 0 N–H and O–H groups in total. The van der Waals surface area contributed by atoms with Crippen molar-refractivity contribution in [2.24, 2.45) is 23.2 Å². The third-order valence-electron chi connectivity index (χ3n) is 6.43. The van der Waals surface area contributed by atoms with Crippen LogP contribution < -0.4 is 0 Å². The van der Waals surface area contributed by atoms with E-state index in [-0.39, 0.29) is 11.6 Å². The van der Waals surface area contributed by atoms with Crippen LogP contribution in [0.25, 0.3) is 0 Å². The Labute approximate surface area is 129 Å². The van der Waals surface area contributed by atoms with Gasteiger partial charge in [-0.15, -0.1) is 0 Å². The van der Waals surface area contributed by atoms with E-state index in [2.05, 4.69) is 20.4 Å². The molecule has 4 aliphatic rings. The highest BCUT2D eigenvalue weighted by Gasteiger charge is 2.62. The topological polar surface area (TPSA) is 26.3 Å². The SMILES string of the molecule is C=C(C)C(=O)OC1(CCCC)C2CC3CC1CC(C)(C3)C2. The third kappa shape index (κ3) is 2.45. The molecule has 0 amide bonds. The number of carbonyl (C=O) groups excluding carboxylic acids is 1. The largest absolute Gasteiger partial charge is 0.455 e. The molecule has 0 aromatic carbocycles. The number of hydrogen-bond donors (Lipinski definition) is 0. The van der Waals surface area contributed by atoms with Crippen LogP contribution in [0.5, 0.6) is 0 Å². The summed E-state index contributed by atoms with van der Waals surface area (Å²) in [6.45, 7) is 10.2. The van der Waals surface area contributed by atoms with E-state index in [4.69, 9.17) is 4.74 Å². The number of ether oxygens (including phenoxy) is 1. The zero-order chi connectivity index (χ0) is 15.3. The fourth-order valence-electron chi connectivity index (χ4n) is 5.79. The molecule has 0 heterocycles. The van der Waals surface area contributed by atoms with Crippen LogP contribution in [-0.4, -0.2) is 11.6 Å². The smallest absolute Gasteiger partial charge is 0.333 e. The normalized spacial score (nSPS) is 43.9. The predicted molar refractivity (Wildman–Crippen MR) is 84.8 cm³/mol. The second kappa shape index (κ2) is 5.14. The van der Waals surface area contributed by atoms with Crippen LogP contribution in [0.4, 0.5) is 0 Å². The van der Waals surface area contributed by atoms with E-state index in [1.807, 2.05) is 0 Å². The lowest BCUT2D eigenvalue weighted by molar-refractivity contribution is -0.222. The summed E-state index contributed by atoms with van der Waals surface area (Å²) in [6.07, 6.45) is 9.86. The van der Waals surface area contributed by atoms with Gasteiger partial charge in [0.25, 0.3) is 0 Å². The van der Waals surface area contributed by atoms with Crippen LogP contribution in [0.2, 0.25) is 0 Å². The molecule has 21 heavy (non-hydrogen) atoms. The van der Waals surface area contributed by atoms with Gasteiger partial charge in [-0.05, 0) is 75.0 Å². The minimum absolute atomic E-state index is 0.163. The lowest BCUT2D eigenvalue weighted by Gasteiger charge is -2.64.